The van der Waals surface area contributed by atoms with Gasteiger partial charge >= 0.3 is 0 Å². The van der Waals surface area contributed by atoms with Crippen molar-refractivity contribution in [3.8, 4) is 0 Å². The summed E-state index contributed by atoms with van der Waals surface area (Å²) in [6.07, 6.45) is 0. The Morgan fingerprint density at radius 2 is 1.83 bits per heavy atom. The number of ketones is 1. The number of carbonyl (C=O) groups is 1. The summed E-state index contributed by atoms with van der Waals surface area (Å²) in [4.78, 5) is 13.4. The SMILES string of the molecule is CC(=O)c1ccc(Sc2ccc(Cl)cc2)c(Br)c1. The van der Waals surface area contributed by atoms with Gasteiger partial charge in [0, 0.05) is 24.8 Å². The van der Waals surface area contributed by atoms with Gasteiger partial charge in [0.15, 0.2) is 5.78 Å². The topological polar surface area (TPSA) is 17.1 Å². The van der Waals surface area contributed by atoms with E-state index in [-0.39, 0.29) is 5.78 Å². The monoisotopic (exact) mass is 340 g/mol. The molecule has 0 bridgehead atoms. The molecule has 0 N–H and O–H groups in total. The molecule has 1 nitrogen and oxygen atoms in total. The summed E-state index contributed by atoms with van der Waals surface area (Å²) in [7, 11) is 0. The van der Waals surface area contributed by atoms with E-state index in [0.29, 0.717) is 5.56 Å². The van der Waals surface area contributed by atoms with Crippen LogP contribution in [0.3, 0.4) is 0 Å². The summed E-state index contributed by atoms with van der Waals surface area (Å²) in [6.45, 7) is 1.56. The maximum atomic E-state index is 11.3. The highest BCUT2D eigenvalue weighted by atomic mass is 79.9. The molecule has 0 radical (unpaired) electrons. The van der Waals surface area contributed by atoms with Crippen molar-refractivity contribution >= 4 is 45.1 Å². The van der Waals surface area contributed by atoms with Gasteiger partial charge in [-0.3, -0.25) is 4.79 Å². The first-order chi connectivity index (χ1) is 8.56. The molecular formula is C14H10BrClOS. The van der Waals surface area contributed by atoms with E-state index in [9.17, 15) is 4.79 Å². The van der Waals surface area contributed by atoms with Gasteiger partial charge < -0.3 is 0 Å². The van der Waals surface area contributed by atoms with Crippen LogP contribution in [-0.2, 0) is 0 Å². The molecule has 2 aromatic rings. The minimum atomic E-state index is 0.0683. The molecule has 0 aliphatic rings. The number of hydrogen-bond acceptors (Lipinski definition) is 2. The standard InChI is InChI=1S/C14H10BrClOS/c1-9(17)10-2-7-14(13(15)8-10)18-12-5-3-11(16)4-6-12/h2-8H,1H3. The van der Waals surface area contributed by atoms with Crippen LogP contribution in [-0.4, -0.2) is 5.78 Å². The molecule has 2 rings (SSSR count). The van der Waals surface area contributed by atoms with Gasteiger partial charge in [0.2, 0.25) is 0 Å². The zero-order valence-corrected chi connectivity index (χ0v) is 12.8. The summed E-state index contributed by atoms with van der Waals surface area (Å²) in [5.74, 6) is 0.0683. The third-order valence-corrected chi connectivity index (χ3v) is 4.63. The van der Waals surface area contributed by atoms with Gasteiger partial charge in [0.25, 0.3) is 0 Å². The number of benzene rings is 2. The fraction of sp³-hybridized carbons (Fsp3) is 0.0714. The van der Waals surface area contributed by atoms with Crippen molar-refractivity contribution in [2.75, 3.05) is 0 Å². The summed E-state index contributed by atoms with van der Waals surface area (Å²) < 4.78 is 0.926. The molecule has 4 heteroatoms. The van der Waals surface area contributed by atoms with Crippen molar-refractivity contribution in [2.45, 2.75) is 16.7 Å². The van der Waals surface area contributed by atoms with Crippen molar-refractivity contribution in [1.82, 2.24) is 0 Å². The Labute approximate surface area is 124 Å². The van der Waals surface area contributed by atoms with E-state index >= 15 is 0 Å². The Bertz CT molecular complexity index is 581. The first kappa shape index (κ1) is 13.7. The van der Waals surface area contributed by atoms with E-state index in [1.54, 1.807) is 18.7 Å². The number of hydrogen-bond donors (Lipinski definition) is 0. The van der Waals surface area contributed by atoms with Crippen LogP contribution >= 0.6 is 39.3 Å². The van der Waals surface area contributed by atoms with E-state index in [0.717, 1.165) is 19.3 Å². The second-order valence-electron chi connectivity index (χ2n) is 3.76. The molecule has 0 saturated carbocycles. The van der Waals surface area contributed by atoms with Gasteiger partial charge in [-0.1, -0.05) is 29.4 Å². The van der Waals surface area contributed by atoms with Crippen LogP contribution in [0.4, 0.5) is 0 Å². The Morgan fingerprint density at radius 1 is 1.17 bits per heavy atom. The van der Waals surface area contributed by atoms with Crippen LogP contribution in [0.5, 0.6) is 0 Å². The van der Waals surface area contributed by atoms with Crippen LogP contribution in [0.1, 0.15) is 17.3 Å². The highest BCUT2D eigenvalue weighted by Gasteiger charge is 2.06. The van der Waals surface area contributed by atoms with Crippen molar-refractivity contribution < 1.29 is 4.79 Å². The predicted octanol–water partition coefficient (Wildman–Crippen LogP) is 5.46. The zero-order valence-electron chi connectivity index (χ0n) is 9.61. The minimum absolute atomic E-state index is 0.0683. The Hall–Kier alpha value is -0.770. The van der Waals surface area contributed by atoms with Gasteiger partial charge in [-0.05, 0) is 59.3 Å². The maximum absolute atomic E-state index is 11.3. The molecule has 0 heterocycles. The maximum Gasteiger partial charge on any atom is 0.159 e. The van der Waals surface area contributed by atoms with Crippen LogP contribution < -0.4 is 0 Å². The molecule has 92 valence electrons. The summed E-state index contributed by atoms with van der Waals surface area (Å²) in [5.41, 5.74) is 0.710. The lowest BCUT2D eigenvalue weighted by molar-refractivity contribution is 0.101. The Kier molecular flexibility index (Phi) is 4.49. The lowest BCUT2D eigenvalue weighted by Crippen LogP contribution is -1.91. The van der Waals surface area contributed by atoms with E-state index in [1.807, 2.05) is 42.5 Å². The first-order valence-corrected chi connectivity index (χ1v) is 7.29. The lowest BCUT2D eigenvalue weighted by Gasteiger charge is -2.06. The summed E-state index contributed by atoms with van der Waals surface area (Å²) in [6, 6.07) is 13.3. The highest BCUT2D eigenvalue weighted by Crippen LogP contribution is 2.34. The average Bonchev–Trinajstić information content (AvgIpc) is 2.34. The zero-order chi connectivity index (χ0) is 13.1. The lowest BCUT2D eigenvalue weighted by atomic mass is 10.2. The molecule has 2 aromatic carbocycles. The van der Waals surface area contributed by atoms with Crippen molar-refractivity contribution in [3.63, 3.8) is 0 Å². The number of rotatable bonds is 3. The van der Waals surface area contributed by atoms with Gasteiger partial charge in [-0.15, -0.1) is 0 Å². The summed E-state index contributed by atoms with van der Waals surface area (Å²) in [5, 5.41) is 0.727. The molecule has 0 amide bonds. The minimum Gasteiger partial charge on any atom is -0.295 e. The fourth-order valence-corrected chi connectivity index (χ4v) is 3.00. The number of carbonyl (C=O) groups excluding carboxylic acids is 1. The molecule has 0 unspecified atom stereocenters. The van der Waals surface area contributed by atoms with E-state index < -0.39 is 0 Å². The second kappa shape index (κ2) is 5.91. The van der Waals surface area contributed by atoms with Gasteiger partial charge in [-0.2, -0.15) is 0 Å². The molecule has 0 fully saturated rings. The van der Waals surface area contributed by atoms with Crippen molar-refractivity contribution in [3.05, 3.63) is 57.5 Å². The molecule has 18 heavy (non-hydrogen) atoms. The van der Waals surface area contributed by atoms with Crippen molar-refractivity contribution in [2.24, 2.45) is 0 Å². The van der Waals surface area contributed by atoms with Crippen LogP contribution in [0.2, 0.25) is 5.02 Å². The predicted molar refractivity (Wildman–Crippen MR) is 79.7 cm³/mol. The van der Waals surface area contributed by atoms with Crippen LogP contribution in [0.25, 0.3) is 0 Å². The number of Topliss-reactive ketones (excluding diaryl/α,β-unsaturated/α-hetero) is 1. The van der Waals surface area contributed by atoms with Gasteiger partial charge in [0.05, 0.1) is 0 Å². The molecular weight excluding hydrogens is 332 g/mol. The van der Waals surface area contributed by atoms with Crippen LogP contribution in [0.15, 0.2) is 56.7 Å². The third-order valence-electron chi connectivity index (χ3n) is 2.38. The quantitative estimate of drug-likeness (QED) is 0.690. The normalized spacial score (nSPS) is 10.4. The molecule has 0 aliphatic heterocycles. The fourth-order valence-electron chi connectivity index (χ4n) is 1.43. The van der Waals surface area contributed by atoms with E-state index in [2.05, 4.69) is 15.9 Å². The smallest absolute Gasteiger partial charge is 0.159 e. The van der Waals surface area contributed by atoms with E-state index in [4.69, 9.17) is 11.6 Å². The second-order valence-corrected chi connectivity index (χ2v) is 6.16. The molecule has 0 aliphatic carbocycles. The van der Waals surface area contributed by atoms with Crippen molar-refractivity contribution in [1.29, 1.82) is 0 Å². The number of halogens is 2. The molecule has 0 saturated heterocycles. The highest BCUT2D eigenvalue weighted by molar-refractivity contribution is 9.10. The Morgan fingerprint density at radius 3 is 2.39 bits per heavy atom. The summed E-state index contributed by atoms with van der Waals surface area (Å²) >= 11 is 11.0. The largest absolute Gasteiger partial charge is 0.295 e. The molecule has 0 spiro atoms. The molecule has 0 aromatic heterocycles. The average molecular weight is 342 g/mol. The Balaban J connectivity index is 2.24. The van der Waals surface area contributed by atoms with Crippen LogP contribution in [0, 0.1) is 0 Å². The molecule has 0 atom stereocenters. The van der Waals surface area contributed by atoms with E-state index in [1.165, 1.54) is 0 Å². The van der Waals surface area contributed by atoms with Gasteiger partial charge in [0.1, 0.15) is 0 Å². The third kappa shape index (κ3) is 3.37. The first-order valence-electron chi connectivity index (χ1n) is 5.30. The van der Waals surface area contributed by atoms with Gasteiger partial charge in [-0.25, -0.2) is 0 Å².